The lowest BCUT2D eigenvalue weighted by atomic mass is 10.1. The molecule has 0 spiro atoms. The van der Waals surface area contributed by atoms with Crippen molar-refractivity contribution in [3.8, 4) is 0 Å². The van der Waals surface area contributed by atoms with Crippen LogP contribution in [0.3, 0.4) is 0 Å². The molecule has 0 saturated carbocycles. The number of hydrogen-bond donors (Lipinski definition) is 1. The highest BCUT2D eigenvalue weighted by molar-refractivity contribution is 5.39. The molecule has 0 unspecified atom stereocenters. The third-order valence-electron chi connectivity index (χ3n) is 2.36. The number of halogens is 3. The third kappa shape index (κ3) is 4.48. The summed E-state index contributed by atoms with van der Waals surface area (Å²) < 4.78 is 37.3. The number of alkyl halides is 3. The summed E-state index contributed by atoms with van der Waals surface area (Å²) in [7, 11) is 0. The van der Waals surface area contributed by atoms with Gasteiger partial charge in [0.1, 0.15) is 18.7 Å². The van der Waals surface area contributed by atoms with E-state index < -0.39 is 12.7 Å². The second kappa shape index (κ2) is 5.99. The molecular formula is C11H17F3N4. The summed E-state index contributed by atoms with van der Waals surface area (Å²) in [6, 6.07) is 1.58. The highest BCUT2D eigenvalue weighted by Crippen LogP contribution is 2.22. The molecule has 4 nitrogen and oxygen atoms in total. The fourth-order valence-corrected chi connectivity index (χ4v) is 1.50. The number of nitrogens with zero attached hydrogens (tertiary/aromatic N) is 3. The van der Waals surface area contributed by atoms with Crippen LogP contribution in [0.2, 0.25) is 0 Å². The van der Waals surface area contributed by atoms with Gasteiger partial charge in [-0.25, -0.2) is 9.97 Å². The average molecular weight is 262 g/mol. The summed E-state index contributed by atoms with van der Waals surface area (Å²) in [5.41, 5.74) is 6.04. The normalized spacial score (nSPS) is 11.9. The molecule has 0 aliphatic rings. The fraction of sp³-hybridized carbons (Fsp3) is 0.636. The quantitative estimate of drug-likeness (QED) is 0.881. The van der Waals surface area contributed by atoms with Crippen molar-refractivity contribution < 1.29 is 13.2 Å². The lowest BCUT2D eigenvalue weighted by Gasteiger charge is -2.24. The van der Waals surface area contributed by atoms with Crippen molar-refractivity contribution in [2.45, 2.75) is 25.9 Å². The first kappa shape index (κ1) is 14.7. The van der Waals surface area contributed by atoms with Gasteiger partial charge in [-0.1, -0.05) is 13.8 Å². The van der Waals surface area contributed by atoms with Crippen LogP contribution in [-0.4, -0.2) is 35.8 Å². The molecule has 0 aliphatic heterocycles. The maximum atomic E-state index is 12.4. The van der Waals surface area contributed by atoms with Gasteiger partial charge in [-0.3, -0.25) is 0 Å². The Morgan fingerprint density at radius 3 is 2.50 bits per heavy atom. The Balaban J connectivity index is 2.94. The molecule has 18 heavy (non-hydrogen) atoms. The van der Waals surface area contributed by atoms with Crippen molar-refractivity contribution in [3.05, 3.63) is 18.1 Å². The van der Waals surface area contributed by atoms with Crippen LogP contribution in [0.15, 0.2) is 12.4 Å². The SMILES string of the molecule is CC(C)c1cc(N(CCN)CC(F)(F)F)ncn1. The van der Waals surface area contributed by atoms with Crippen molar-refractivity contribution in [3.63, 3.8) is 0 Å². The molecule has 0 saturated heterocycles. The predicted molar refractivity (Wildman–Crippen MR) is 63.4 cm³/mol. The summed E-state index contributed by atoms with van der Waals surface area (Å²) in [5, 5.41) is 0. The maximum absolute atomic E-state index is 12.4. The molecule has 1 aromatic heterocycles. The van der Waals surface area contributed by atoms with Gasteiger partial charge in [-0.05, 0) is 5.92 Å². The molecular weight excluding hydrogens is 245 g/mol. The van der Waals surface area contributed by atoms with Gasteiger partial charge >= 0.3 is 6.18 Å². The molecule has 1 heterocycles. The highest BCUT2D eigenvalue weighted by Gasteiger charge is 2.31. The highest BCUT2D eigenvalue weighted by atomic mass is 19.4. The summed E-state index contributed by atoms with van der Waals surface area (Å²) >= 11 is 0. The van der Waals surface area contributed by atoms with Crippen LogP contribution in [0.4, 0.5) is 19.0 Å². The van der Waals surface area contributed by atoms with E-state index in [2.05, 4.69) is 9.97 Å². The van der Waals surface area contributed by atoms with Crippen molar-refractivity contribution in [2.75, 3.05) is 24.5 Å². The van der Waals surface area contributed by atoms with Gasteiger partial charge in [0, 0.05) is 24.8 Å². The smallest absolute Gasteiger partial charge is 0.346 e. The van der Waals surface area contributed by atoms with Crippen LogP contribution in [-0.2, 0) is 0 Å². The Morgan fingerprint density at radius 1 is 1.33 bits per heavy atom. The molecule has 0 atom stereocenters. The van der Waals surface area contributed by atoms with Crippen LogP contribution in [0.1, 0.15) is 25.5 Å². The molecule has 0 aromatic carbocycles. The van der Waals surface area contributed by atoms with Gasteiger partial charge in [-0.15, -0.1) is 0 Å². The number of rotatable bonds is 5. The number of anilines is 1. The van der Waals surface area contributed by atoms with E-state index >= 15 is 0 Å². The maximum Gasteiger partial charge on any atom is 0.405 e. The van der Waals surface area contributed by atoms with Gasteiger partial charge in [0.15, 0.2) is 0 Å². The Kier molecular flexibility index (Phi) is 4.89. The van der Waals surface area contributed by atoms with Crippen LogP contribution in [0, 0.1) is 0 Å². The van der Waals surface area contributed by atoms with Crippen LogP contribution in [0.5, 0.6) is 0 Å². The molecule has 7 heteroatoms. The molecule has 0 amide bonds. The molecule has 1 rings (SSSR count). The fourth-order valence-electron chi connectivity index (χ4n) is 1.50. The minimum atomic E-state index is -4.28. The second-order valence-electron chi connectivity index (χ2n) is 4.28. The molecule has 0 fully saturated rings. The van der Waals surface area contributed by atoms with E-state index in [0.717, 1.165) is 4.90 Å². The Bertz CT molecular complexity index is 379. The van der Waals surface area contributed by atoms with E-state index in [4.69, 9.17) is 5.73 Å². The van der Waals surface area contributed by atoms with Crippen LogP contribution >= 0.6 is 0 Å². The lowest BCUT2D eigenvalue weighted by Crippen LogP contribution is -2.38. The Morgan fingerprint density at radius 2 is 2.00 bits per heavy atom. The summed E-state index contributed by atoms with van der Waals surface area (Å²) in [6.45, 7) is 3.02. The van der Waals surface area contributed by atoms with Gasteiger partial charge in [0.2, 0.25) is 0 Å². The topological polar surface area (TPSA) is 55.0 Å². The van der Waals surface area contributed by atoms with E-state index in [1.807, 2.05) is 13.8 Å². The minimum Gasteiger partial charge on any atom is -0.346 e. The molecule has 0 aliphatic carbocycles. The number of aromatic nitrogens is 2. The summed E-state index contributed by atoms with van der Waals surface area (Å²) in [5.74, 6) is 0.397. The number of nitrogens with two attached hydrogens (primary N) is 1. The minimum absolute atomic E-state index is 0.105. The summed E-state index contributed by atoms with van der Waals surface area (Å²) in [4.78, 5) is 9.03. The van der Waals surface area contributed by atoms with Gasteiger partial charge < -0.3 is 10.6 Å². The van der Waals surface area contributed by atoms with Crippen molar-refractivity contribution in [1.82, 2.24) is 9.97 Å². The van der Waals surface area contributed by atoms with Crippen molar-refractivity contribution in [2.24, 2.45) is 5.73 Å². The van der Waals surface area contributed by atoms with E-state index in [1.165, 1.54) is 6.33 Å². The first-order valence-electron chi connectivity index (χ1n) is 5.67. The third-order valence-corrected chi connectivity index (χ3v) is 2.36. The van der Waals surface area contributed by atoms with Crippen LogP contribution < -0.4 is 10.6 Å². The Hall–Kier alpha value is -1.37. The van der Waals surface area contributed by atoms with Crippen molar-refractivity contribution in [1.29, 1.82) is 0 Å². The molecule has 0 radical (unpaired) electrons. The van der Waals surface area contributed by atoms with Crippen LogP contribution in [0.25, 0.3) is 0 Å². The predicted octanol–water partition coefficient (Wildman–Crippen LogP) is 1.93. The largest absolute Gasteiger partial charge is 0.405 e. The number of hydrogen-bond acceptors (Lipinski definition) is 4. The standard InChI is InChI=1S/C11H17F3N4/c1-8(2)9-5-10(17-7-16-9)18(4-3-15)6-11(12,13)14/h5,7-8H,3-4,6,15H2,1-2H3. The molecule has 1 aromatic rings. The Labute approximate surface area is 104 Å². The van der Waals surface area contributed by atoms with E-state index in [9.17, 15) is 13.2 Å². The van der Waals surface area contributed by atoms with Gasteiger partial charge in [-0.2, -0.15) is 13.2 Å². The first-order valence-corrected chi connectivity index (χ1v) is 5.67. The monoisotopic (exact) mass is 262 g/mol. The lowest BCUT2D eigenvalue weighted by molar-refractivity contribution is -0.119. The van der Waals surface area contributed by atoms with Gasteiger partial charge in [0.05, 0.1) is 0 Å². The van der Waals surface area contributed by atoms with E-state index in [0.29, 0.717) is 5.69 Å². The zero-order chi connectivity index (χ0) is 13.8. The second-order valence-corrected chi connectivity index (χ2v) is 4.28. The van der Waals surface area contributed by atoms with E-state index in [-0.39, 0.29) is 24.8 Å². The molecule has 0 bridgehead atoms. The summed E-state index contributed by atoms with van der Waals surface area (Å²) in [6.07, 6.45) is -3.00. The van der Waals surface area contributed by atoms with Crippen molar-refractivity contribution >= 4 is 5.82 Å². The zero-order valence-electron chi connectivity index (χ0n) is 10.4. The average Bonchev–Trinajstić information content (AvgIpc) is 2.27. The first-order chi connectivity index (χ1) is 8.33. The van der Waals surface area contributed by atoms with E-state index in [1.54, 1.807) is 6.07 Å². The molecule has 2 N–H and O–H groups in total. The zero-order valence-corrected chi connectivity index (χ0v) is 10.4. The molecule has 102 valence electrons. The van der Waals surface area contributed by atoms with Gasteiger partial charge in [0.25, 0.3) is 0 Å².